The van der Waals surface area contributed by atoms with E-state index in [0.717, 1.165) is 32.0 Å². The molecular formula is C29H27ClN4O4S. The van der Waals surface area contributed by atoms with Crippen LogP contribution in [0.2, 0.25) is 5.02 Å². The van der Waals surface area contributed by atoms with E-state index in [1.165, 1.54) is 17.4 Å². The van der Waals surface area contributed by atoms with Crippen molar-refractivity contribution in [2.75, 3.05) is 12.3 Å². The van der Waals surface area contributed by atoms with E-state index in [0.29, 0.717) is 52.8 Å². The number of hydrogen-bond acceptors (Lipinski definition) is 8. The highest BCUT2D eigenvalue weighted by molar-refractivity contribution is 7.15. The molecule has 0 aliphatic carbocycles. The highest BCUT2D eigenvalue weighted by Crippen LogP contribution is 2.39. The molecule has 0 radical (unpaired) electrons. The Balaban J connectivity index is 1.21. The molecule has 39 heavy (non-hydrogen) atoms. The average molecular weight is 563 g/mol. The van der Waals surface area contributed by atoms with E-state index in [2.05, 4.69) is 15.5 Å². The van der Waals surface area contributed by atoms with Gasteiger partial charge in [0, 0.05) is 40.4 Å². The Morgan fingerprint density at radius 2 is 2.08 bits per heavy atom. The molecular weight excluding hydrogens is 536 g/mol. The maximum Gasteiger partial charge on any atom is 0.244 e. The van der Waals surface area contributed by atoms with Crippen molar-refractivity contribution >= 4 is 51.7 Å². The lowest BCUT2D eigenvalue weighted by molar-refractivity contribution is -0.116. The SMILES string of the molecule is Cc1noc(C)c1C(O)c1ccc(-c2cc(Cl)c3oc(CCCNC(=O)/C=C/c4ccc(N)nc4)cc3c2)s1. The van der Waals surface area contributed by atoms with Crippen LogP contribution < -0.4 is 11.1 Å². The molecule has 0 saturated heterocycles. The molecule has 200 valence electrons. The van der Waals surface area contributed by atoms with Crippen molar-refractivity contribution in [2.45, 2.75) is 32.8 Å². The summed E-state index contributed by atoms with van der Waals surface area (Å²) in [4.78, 5) is 17.9. The van der Waals surface area contributed by atoms with E-state index in [4.69, 9.17) is 26.3 Å². The summed E-state index contributed by atoms with van der Waals surface area (Å²) in [5, 5.41) is 19.1. The first-order chi connectivity index (χ1) is 18.8. The largest absolute Gasteiger partial charge is 0.460 e. The summed E-state index contributed by atoms with van der Waals surface area (Å²) >= 11 is 8.07. The molecule has 0 bridgehead atoms. The Kier molecular flexibility index (Phi) is 7.83. The lowest BCUT2D eigenvalue weighted by Gasteiger charge is -2.07. The van der Waals surface area contributed by atoms with Gasteiger partial charge in [-0.05, 0) is 79.9 Å². The van der Waals surface area contributed by atoms with Gasteiger partial charge < -0.3 is 25.1 Å². The summed E-state index contributed by atoms with van der Waals surface area (Å²) in [5.41, 5.74) is 9.32. The van der Waals surface area contributed by atoms with Gasteiger partial charge in [0.25, 0.3) is 0 Å². The third-order valence-electron chi connectivity index (χ3n) is 6.30. The number of thiophene rings is 1. The molecule has 1 amide bonds. The number of nitrogens with two attached hydrogens (primary N) is 1. The molecule has 0 spiro atoms. The van der Waals surface area contributed by atoms with Crippen LogP contribution in [0, 0.1) is 13.8 Å². The third kappa shape index (κ3) is 6.06. The fourth-order valence-electron chi connectivity index (χ4n) is 4.33. The summed E-state index contributed by atoms with van der Waals surface area (Å²) < 4.78 is 11.2. The molecule has 0 aliphatic rings. The van der Waals surface area contributed by atoms with Crippen molar-refractivity contribution in [1.29, 1.82) is 0 Å². The Bertz CT molecular complexity index is 1630. The number of benzene rings is 1. The fourth-order valence-corrected chi connectivity index (χ4v) is 5.58. The molecule has 1 aromatic carbocycles. The van der Waals surface area contributed by atoms with E-state index in [1.807, 2.05) is 37.3 Å². The zero-order valence-electron chi connectivity index (χ0n) is 21.4. The van der Waals surface area contributed by atoms with Crippen molar-refractivity contribution in [1.82, 2.24) is 15.5 Å². The molecule has 4 heterocycles. The molecule has 5 aromatic rings. The number of amides is 1. The Labute approximate surface area is 234 Å². The topological polar surface area (TPSA) is 127 Å². The minimum atomic E-state index is -0.805. The number of carbonyl (C=O) groups excluding carboxylic acids is 1. The number of aliphatic hydroxyl groups is 1. The molecule has 4 aromatic heterocycles. The van der Waals surface area contributed by atoms with Crippen LogP contribution in [0.3, 0.4) is 0 Å². The molecule has 0 aliphatic heterocycles. The summed E-state index contributed by atoms with van der Waals surface area (Å²) in [6, 6.07) is 13.2. The van der Waals surface area contributed by atoms with Gasteiger partial charge in [0.15, 0.2) is 5.58 Å². The summed E-state index contributed by atoms with van der Waals surface area (Å²) in [6.07, 6.45) is 5.33. The number of halogens is 1. The average Bonchev–Trinajstić information content (AvgIpc) is 3.65. The van der Waals surface area contributed by atoms with Gasteiger partial charge >= 0.3 is 0 Å². The molecule has 0 saturated carbocycles. The number of aryl methyl sites for hydroxylation is 3. The second-order valence-electron chi connectivity index (χ2n) is 9.18. The monoisotopic (exact) mass is 562 g/mol. The zero-order chi connectivity index (χ0) is 27.5. The summed E-state index contributed by atoms with van der Waals surface area (Å²) in [7, 11) is 0. The molecule has 1 unspecified atom stereocenters. The first-order valence-corrected chi connectivity index (χ1v) is 13.6. The molecule has 4 N–H and O–H groups in total. The van der Waals surface area contributed by atoms with Crippen molar-refractivity contribution in [3.05, 3.63) is 93.0 Å². The highest BCUT2D eigenvalue weighted by atomic mass is 35.5. The minimum Gasteiger partial charge on any atom is -0.460 e. The first kappa shape index (κ1) is 26.7. The molecule has 5 rings (SSSR count). The normalized spacial score (nSPS) is 12.4. The van der Waals surface area contributed by atoms with Crippen LogP contribution in [-0.2, 0) is 11.2 Å². The molecule has 0 fully saturated rings. The number of rotatable bonds is 9. The van der Waals surface area contributed by atoms with E-state index >= 15 is 0 Å². The van der Waals surface area contributed by atoms with Crippen LogP contribution in [0.4, 0.5) is 5.82 Å². The van der Waals surface area contributed by atoms with Gasteiger partial charge in [0.05, 0.1) is 16.3 Å². The lowest BCUT2D eigenvalue weighted by atomic mass is 10.1. The minimum absolute atomic E-state index is 0.182. The van der Waals surface area contributed by atoms with Gasteiger partial charge in [-0.25, -0.2) is 4.98 Å². The highest BCUT2D eigenvalue weighted by Gasteiger charge is 2.22. The van der Waals surface area contributed by atoms with Crippen LogP contribution in [0.25, 0.3) is 27.5 Å². The number of anilines is 1. The third-order valence-corrected chi connectivity index (χ3v) is 7.77. The van der Waals surface area contributed by atoms with Crippen LogP contribution in [-0.4, -0.2) is 27.7 Å². The predicted molar refractivity (Wildman–Crippen MR) is 154 cm³/mol. The number of aromatic nitrogens is 2. The van der Waals surface area contributed by atoms with Crippen LogP contribution in [0.15, 0.2) is 63.7 Å². The Hall–Kier alpha value is -3.92. The van der Waals surface area contributed by atoms with Gasteiger partial charge in [-0.2, -0.15) is 0 Å². The second kappa shape index (κ2) is 11.4. The number of nitrogens with one attached hydrogen (secondary N) is 1. The van der Waals surface area contributed by atoms with Crippen molar-refractivity contribution in [3.63, 3.8) is 0 Å². The Morgan fingerprint density at radius 3 is 2.82 bits per heavy atom. The maximum absolute atomic E-state index is 12.1. The van der Waals surface area contributed by atoms with Crippen LogP contribution >= 0.6 is 22.9 Å². The number of nitrogens with zero attached hydrogens (tertiary/aromatic N) is 2. The van der Waals surface area contributed by atoms with Gasteiger partial charge in [0.1, 0.15) is 23.4 Å². The van der Waals surface area contributed by atoms with Gasteiger partial charge in [-0.15, -0.1) is 11.3 Å². The predicted octanol–water partition coefficient (Wildman–Crippen LogP) is 6.24. The molecule has 8 nitrogen and oxygen atoms in total. The number of nitrogen functional groups attached to an aromatic ring is 1. The van der Waals surface area contributed by atoms with Crippen molar-refractivity contribution in [2.24, 2.45) is 0 Å². The summed E-state index contributed by atoms with van der Waals surface area (Å²) in [6.45, 7) is 4.12. The lowest BCUT2D eigenvalue weighted by Crippen LogP contribution is -2.22. The van der Waals surface area contributed by atoms with E-state index in [1.54, 1.807) is 31.3 Å². The van der Waals surface area contributed by atoms with E-state index < -0.39 is 6.10 Å². The van der Waals surface area contributed by atoms with Gasteiger partial charge in [-0.1, -0.05) is 16.8 Å². The maximum atomic E-state index is 12.1. The number of fused-ring (bicyclic) bond motifs is 1. The number of carbonyl (C=O) groups is 1. The quantitative estimate of drug-likeness (QED) is 0.143. The second-order valence-corrected chi connectivity index (χ2v) is 10.7. The van der Waals surface area contributed by atoms with E-state index in [-0.39, 0.29) is 5.91 Å². The van der Waals surface area contributed by atoms with Crippen molar-refractivity contribution < 1.29 is 18.8 Å². The fraction of sp³-hybridized carbons (Fsp3) is 0.207. The number of hydrogen-bond donors (Lipinski definition) is 3. The van der Waals surface area contributed by atoms with E-state index in [9.17, 15) is 9.90 Å². The Morgan fingerprint density at radius 1 is 1.23 bits per heavy atom. The first-order valence-electron chi connectivity index (χ1n) is 12.4. The molecule has 10 heteroatoms. The van der Waals surface area contributed by atoms with Gasteiger partial charge in [0.2, 0.25) is 5.91 Å². The standard InChI is InChI=1S/C29H27ClN4O4S/c1-16-27(17(2)38-34-16)28(36)24-8-7-23(39-24)19-12-20-13-21(37-29(20)22(30)14-19)4-3-11-32-26(35)10-6-18-5-9-25(31)33-15-18/h5-10,12-15,28,36H,3-4,11H2,1-2H3,(H2,31,33)(H,32,35)/b10-6+. The van der Waals surface area contributed by atoms with Crippen LogP contribution in [0.1, 0.15) is 45.7 Å². The van der Waals surface area contributed by atoms with Crippen LogP contribution in [0.5, 0.6) is 0 Å². The van der Waals surface area contributed by atoms with Crippen molar-refractivity contribution in [3.8, 4) is 10.4 Å². The smallest absolute Gasteiger partial charge is 0.244 e. The number of pyridine rings is 1. The molecule has 1 atom stereocenters. The summed E-state index contributed by atoms with van der Waals surface area (Å²) in [5.74, 6) is 1.66. The zero-order valence-corrected chi connectivity index (χ0v) is 23.0. The number of aliphatic hydroxyl groups excluding tert-OH is 1. The van der Waals surface area contributed by atoms with Gasteiger partial charge in [-0.3, -0.25) is 4.79 Å². The number of furan rings is 1.